The van der Waals surface area contributed by atoms with Crippen molar-refractivity contribution in [2.24, 2.45) is 5.73 Å². The molecule has 0 saturated heterocycles. The van der Waals surface area contributed by atoms with Gasteiger partial charge in [-0.25, -0.2) is 8.78 Å². The summed E-state index contributed by atoms with van der Waals surface area (Å²) < 4.78 is 39.3. The van der Waals surface area contributed by atoms with E-state index >= 15 is 0 Å². The predicted octanol–water partition coefficient (Wildman–Crippen LogP) is 3.84. The molecular weight excluding hydrogens is 472 g/mol. The Morgan fingerprint density at radius 1 is 1.28 bits per heavy atom. The first-order valence-electron chi connectivity index (χ1n) is 8.33. The first-order chi connectivity index (χ1) is 13.3. The Morgan fingerprint density at radius 2 is 1.90 bits per heavy atom. The summed E-state index contributed by atoms with van der Waals surface area (Å²) in [6.45, 7) is 1.74. The van der Waals surface area contributed by atoms with Gasteiger partial charge in [0.05, 0.1) is 12.7 Å². The van der Waals surface area contributed by atoms with Crippen molar-refractivity contribution in [3.8, 4) is 5.75 Å². The summed E-state index contributed by atoms with van der Waals surface area (Å²) in [4.78, 5) is 12.6. The van der Waals surface area contributed by atoms with Gasteiger partial charge in [0, 0.05) is 28.8 Å². The molecule has 2 aromatic carbocycles. The van der Waals surface area contributed by atoms with Gasteiger partial charge in [-0.2, -0.15) is 0 Å². The molecule has 0 aliphatic rings. The van der Waals surface area contributed by atoms with Gasteiger partial charge >= 0.3 is 0 Å². The second-order valence-corrected chi connectivity index (χ2v) is 6.69. The summed E-state index contributed by atoms with van der Waals surface area (Å²) in [5.74, 6) is -2.17. The first kappa shape index (κ1) is 24.8. The highest BCUT2D eigenvalue weighted by atomic mass is 79.9. The standard InChI is InChI=1S/C19H20BrF2N3O3.ClH/c1-3-28-17(16-13(21)7-12(20)8-14(16)22)19(26)25-9-11-5-4-10(18(23)24)6-15(11)27-2;/h4-8,17H,3,9H2,1-2H3,(H3,23,24)(H,25,26);1H/t17-;/m0./s1. The first-order valence-corrected chi connectivity index (χ1v) is 9.12. The van der Waals surface area contributed by atoms with Crippen molar-refractivity contribution in [1.82, 2.24) is 5.32 Å². The van der Waals surface area contributed by atoms with E-state index in [2.05, 4.69) is 21.2 Å². The third kappa shape index (κ3) is 6.12. The second kappa shape index (κ2) is 11.1. The number of hydrogen-bond acceptors (Lipinski definition) is 4. The van der Waals surface area contributed by atoms with Crippen LogP contribution in [-0.2, 0) is 16.1 Å². The Bertz CT molecular complexity index is 876. The zero-order chi connectivity index (χ0) is 20.8. The van der Waals surface area contributed by atoms with E-state index < -0.39 is 29.2 Å². The minimum atomic E-state index is -1.44. The predicted molar refractivity (Wildman–Crippen MR) is 112 cm³/mol. The lowest BCUT2D eigenvalue weighted by atomic mass is 10.1. The number of hydrogen-bond donors (Lipinski definition) is 3. The molecule has 158 valence electrons. The van der Waals surface area contributed by atoms with Crippen molar-refractivity contribution in [1.29, 1.82) is 5.41 Å². The van der Waals surface area contributed by atoms with Crippen molar-refractivity contribution in [3.63, 3.8) is 0 Å². The maximum atomic E-state index is 14.3. The number of halogens is 4. The smallest absolute Gasteiger partial charge is 0.254 e. The molecule has 0 unspecified atom stereocenters. The summed E-state index contributed by atoms with van der Waals surface area (Å²) in [6, 6.07) is 6.97. The van der Waals surface area contributed by atoms with Crippen LogP contribution >= 0.6 is 28.3 Å². The number of amidine groups is 1. The topological polar surface area (TPSA) is 97.4 Å². The molecule has 0 radical (unpaired) electrons. The van der Waals surface area contributed by atoms with Crippen LogP contribution in [0.4, 0.5) is 8.78 Å². The van der Waals surface area contributed by atoms with Crippen LogP contribution in [0, 0.1) is 17.0 Å². The van der Waals surface area contributed by atoms with Crippen LogP contribution < -0.4 is 15.8 Å². The summed E-state index contributed by atoms with van der Waals surface area (Å²) >= 11 is 3.01. The molecule has 0 saturated carbocycles. The van der Waals surface area contributed by atoms with Crippen LogP contribution in [-0.4, -0.2) is 25.5 Å². The SMILES string of the molecule is CCO[C@H](C(=O)NCc1ccc(C(=N)N)cc1OC)c1c(F)cc(Br)cc1F.Cl. The average Bonchev–Trinajstić information content (AvgIpc) is 2.64. The lowest BCUT2D eigenvalue weighted by Gasteiger charge is -2.19. The third-order valence-corrected chi connectivity index (χ3v) is 4.39. The molecule has 4 N–H and O–H groups in total. The van der Waals surface area contributed by atoms with Crippen molar-refractivity contribution >= 4 is 40.1 Å². The number of nitrogens with two attached hydrogens (primary N) is 1. The van der Waals surface area contributed by atoms with Crippen molar-refractivity contribution in [2.75, 3.05) is 13.7 Å². The van der Waals surface area contributed by atoms with Crippen LogP contribution in [0.2, 0.25) is 0 Å². The number of amides is 1. The highest BCUT2D eigenvalue weighted by Crippen LogP contribution is 2.28. The fraction of sp³-hybridized carbons (Fsp3) is 0.263. The molecule has 0 spiro atoms. The fourth-order valence-corrected chi connectivity index (χ4v) is 3.00. The molecule has 1 amide bonds. The molecule has 0 aromatic heterocycles. The number of nitrogen functional groups attached to an aromatic ring is 1. The molecule has 0 heterocycles. The maximum Gasteiger partial charge on any atom is 0.254 e. The number of methoxy groups -OCH3 is 1. The van der Waals surface area contributed by atoms with Gasteiger partial charge in [0.2, 0.25) is 0 Å². The van der Waals surface area contributed by atoms with Crippen LogP contribution in [0.3, 0.4) is 0 Å². The van der Waals surface area contributed by atoms with Gasteiger partial charge in [0.15, 0.2) is 6.10 Å². The largest absolute Gasteiger partial charge is 0.496 e. The van der Waals surface area contributed by atoms with E-state index in [4.69, 9.17) is 20.6 Å². The zero-order valence-electron chi connectivity index (χ0n) is 15.7. The van der Waals surface area contributed by atoms with Crippen molar-refractivity contribution < 1.29 is 23.0 Å². The molecule has 1 atom stereocenters. The Balaban J connectivity index is 0.00000420. The number of carbonyl (C=O) groups is 1. The minimum Gasteiger partial charge on any atom is -0.496 e. The Kier molecular flexibility index (Phi) is 9.48. The number of ether oxygens (including phenoxy) is 2. The van der Waals surface area contributed by atoms with Gasteiger partial charge in [-0.05, 0) is 25.1 Å². The molecule has 0 bridgehead atoms. The van der Waals surface area contributed by atoms with Gasteiger partial charge in [0.1, 0.15) is 23.2 Å². The summed E-state index contributed by atoms with van der Waals surface area (Å²) in [7, 11) is 1.44. The second-order valence-electron chi connectivity index (χ2n) is 5.78. The molecule has 2 rings (SSSR count). The Morgan fingerprint density at radius 3 is 2.41 bits per heavy atom. The normalized spacial score (nSPS) is 11.3. The lowest BCUT2D eigenvalue weighted by Crippen LogP contribution is -2.32. The van der Waals surface area contributed by atoms with E-state index in [0.29, 0.717) is 16.9 Å². The van der Waals surface area contributed by atoms with Gasteiger partial charge in [0.25, 0.3) is 5.91 Å². The zero-order valence-corrected chi connectivity index (χ0v) is 18.1. The van der Waals surface area contributed by atoms with Gasteiger partial charge in [-0.3, -0.25) is 10.2 Å². The summed E-state index contributed by atoms with van der Waals surface area (Å²) in [5.41, 5.74) is 6.07. The van der Waals surface area contributed by atoms with E-state index in [0.717, 1.165) is 12.1 Å². The van der Waals surface area contributed by atoms with E-state index in [1.165, 1.54) is 7.11 Å². The van der Waals surface area contributed by atoms with E-state index in [1.807, 2.05) is 0 Å². The van der Waals surface area contributed by atoms with Crippen molar-refractivity contribution in [3.05, 3.63) is 63.1 Å². The van der Waals surface area contributed by atoms with E-state index in [9.17, 15) is 13.6 Å². The molecule has 10 heteroatoms. The van der Waals surface area contributed by atoms with Gasteiger partial charge < -0.3 is 20.5 Å². The minimum absolute atomic E-state index is 0. The number of carbonyl (C=O) groups excluding carboxylic acids is 1. The molecule has 29 heavy (non-hydrogen) atoms. The van der Waals surface area contributed by atoms with Gasteiger partial charge in [-0.1, -0.05) is 28.1 Å². The number of nitrogens with one attached hydrogen (secondary N) is 2. The molecular formula is C19H21BrClF2N3O3. The number of benzene rings is 2. The fourth-order valence-electron chi connectivity index (χ4n) is 2.59. The molecule has 0 aliphatic carbocycles. The Labute approximate surface area is 181 Å². The highest BCUT2D eigenvalue weighted by Gasteiger charge is 2.28. The maximum absolute atomic E-state index is 14.3. The quantitative estimate of drug-likeness (QED) is 0.385. The summed E-state index contributed by atoms with van der Waals surface area (Å²) in [6.07, 6.45) is -1.44. The van der Waals surface area contributed by atoms with Gasteiger partial charge in [-0.15, -0.1) is 12.4 Å². The monoisotopic (exact) mass is 491 g/mol. The van der Waals surface area contributed by atoms with Crippen molar-refractivity contribution in [2.45, 2.75) is 19.6 Å². The molecule has 0 fully saturated rings. The highest BCUT2D eigenvalue weighted by molar-refractivity contribution is 9.10. The molecule has 2 aromatic rings. The van der Waals surface area contributed by atoms with E-state index in [-0.39, 0.29) is 35.9 Å². The lowest BCUT2D eigenvalue weighted by molar-refractivity contribution is -0.133. The van der Waals surface area contributed by atoms with Crippen LogP contribution in [0.25, 0.3) is 0 Å². The Hall–Kier alpha value is -2.23. The van der Waals surface area contributed by atoms with Crippen LogP contribution in [0.15, 0.2) is 34.8 Å². The third-order valence-electron chi connectivity index (χ3n) is 3.93. The summed E-state index contributed by atoms with van der Waals surface area (Å²) in [5, 5.41) is 10.1. The van der Waals surface area contributed by atoms with Crippen LogP contribution in [0.5, 0.6) is 5.75 Å². The van der Waals surface area contributed by atoms with Crippen LogP contribution in [0.1, 0.15) is 29.7 Å². The molecule has 0 aliphatic heterocycles. The van der Waals surface area contributed by atoms with E-state index in [1.54, 1.807) is 25.1 Å². The average molecular weight is 493 g/mol. The number of rotatable bonds is 8. The molecule has 6 nitrogen and oxygen atoms in total.